The SMILES string of the molecule is O=C(C#CCNC(=O)OCC1c2ccccc2-c2ccccc21)Nc1ccc(O)cc1C(=O)O. The number of anilines is 1. The molecule has 8 heteroatoms. The summed E-state index contributed by atoms with van der Waals surface area (Å²) in [6, 6.07) is 19.5. The third-order valence-electron chi connectivity index (χ3n) is 5.35. The van der Waals surface area contributed by atoms with E-state index in [1.54, 1.807) is 0 Å². The van der Waals surface area contributed by atoms with Crippen molar-refractivity contribution in [3.63, 3.8) is 0 Å². The van der Waals surface area contributed by atoms with Gasteiger partial charge in [-0.3, -0.25) is 4.79 Å². The molecule has 0 radical (unpaired) electrons. The molecule has 1 aliphatic carbocycles. The summed E-state index contributed by atoms with van der Waals surface area (Å²) in [5, 5.41) is 23.4. The molecule has 0 saturated carbocycles. The van der Waals surface area contributed by atoms with Crippen LogP contribution < -0.4 is 10.6 Å². The van der Waals surface area contributed by atoms with Crippen molar-refractivity contribution in [3.8, 4) is 28.7 Å². The predicted octanol–water partition coefficient (Wildman–Crippen LogP) is 3.57. The van der Waals surface area contributed by atoms with Crippen molar-refractivity contribution in [2.24, 2.45) is 0 Å². The highest BCUT2D eigenvalue weighted by Gasteiger charge is 2.28. The fourth-order valence-electron chi connectivity index (χ4n) is 3.86. The van der Waals surface area contributed by atoms with Crippen LogP contribution in [0.4, 0.5) is 10.5 Å². The van der Waals surface area contributed by atoms with Crippen LogP contribution in [-0.2, 0) is 9.53 Å². The van der Waals surface area contributed by atoms with Gasteiger partial charge in [0.25, 0.3) is 5.91 Å². The van der Waals surface area contributed by atoms with E-state index in [0.717, 1.165) is 28.3 Å². The zero-order valence-corrected chi connectivity index (χ0v) is 17.9. The predicted molar refractivity (Wildman–Crippen MR) is 125 cm³/mol. The average molecular weight is 456 g/mol. The number of carboxylic acids is 1. The fourth-order valence-corrected chi connectivity index (χ4v) is 3.86. The molecule has 3 aromatic rings. The lowest BCUT2D eigenvalue weighted by atomic mass is 9.98. The Labute approximate surface area is 195 Å². The number of rotatable bonds is 5. The number of carbonyl (C=O) groups is 3. The summed E-state index contributed by atoms with van der Waals surface area (Å²) in [4.78, 5) is 35.3. The summed E-state index contributed by atoms with van der Waals surface area (Å²) in [7, 11) is 0. The highest BCUT2D eigenvalue weighted by molar-refractivity contribution is 6.07. The number of phenols is 1. The van der Waals surface area contributed by atoms with Crippen LogP contribution in [0.1, 0.15) is 27.4 Å². The second-order valence-electron chi connectivity index (χ2n) is 7.47. The lowest BCUT2D eigenvalue weighted by molar-refractivity contribution is -0.111. The van der Waals surface area contributed by atoms with E-state index in [1.807, 2.05) is 48.5 Å². The first-order valence-electron chi connectivity index (χ1n) is 10.4. The number of benzene rings is 3. The van der Waals surface area contributed by atoms with Crippen molar-refractivity contribution < 1.29 is 29.3 Å². The van der Waals surface area contributed by atoms with Crippen LogP contribution in [0.2, 0.25) is 0 Å². The molecule has 170 valence electrons. The number of nitrogens with one attached hydrogen (secondary N) is 2. The number of ether oxygens (including phenoxy) is 1. The van der Waals surface area contributed by atoms with Crippen LogP contribution in [0.5, 0.6) is 5.75 Å². The monoisotopic (exact) mass is 456 g/mol. The maximum atomic E-state index is 12.1. The normalized spacial score (nSPS) is 11.4. The molecule has 0 atom stereocenters. The maximum absolute atomic E-state index is 12.1. The van der Waals surface area contributed by atoms with Crippen molar-refractivity contribution in [3.05, 3.63) is 83.4 Å². The van der Waals surface area contributed by atoms with Gasteiger partial charge in [-0.25, -0.2) is 9.59 Å². The summed E-state index contributed by atoms with van der Waals surface area (Å²) in [6.45, 7) is 0.0258. The first kappa shape index (κ1) is 22.4. The number of phenolic OH excluding ortho intramolecular Hbond substituents is 1. The molecule has 4 rings (SSSR count). The molecule has 0 heterocycles. The largest absolute Gasteiger partial charge is 0.508 e. The Morgan fingerprint density at radius 1 is 0.941 bits per heavy atom. The summed E-state index contributed by atoms with van der Waals surface area (Å²) in [5.41, 5.74) is 4.18. The van der Waals surface area contributed by atoms with E-state index >= 15 is 0 Å². The van der Waals surface area contributed by atoms with Gasteiger partial charge in [-0.15, -0.1) is 0 Å². The minimum absolute atomic E-state index is 0.00547. The van der Waals surface area contributed by atoms with Gasteiger partial charge in [-0.1, -0.05) is 54.5 Å². The second kappa shape index (κ2) is 9.79. The topological polar surface area (TPSA) is 125 Å². The van der Waals surface area contributed by atoms with E-state index in [1.165, 1.54) is 12.1 Å². The van der Waals surface area contributed by atoms with Crippen molar-refractivity contribution in [2.75, 3.05) is 18.5 Å². The van der Waals surface area contributed by atoms with Crippen LogP contribution >= 0.6 is 0 Å². The molecule has 0 aromatic heterocycles. The third kappa shape index (κ3) is 4.84. The number of aromatic hydroxyl groups is 1. The van der Waals surface area contributed by atoms with E-state index in [2.05, 4.69) is 22.5 Å². The molecule has 0 saturated heterocycles. The first-order valence-corrected chi connectivity index (χ1v) is 10.4. The van der Waals surface area contributed by atoms with Gasteiger partial charge in [0.15, 0.2) is 0 Å². The number of carbonyl (C=O) groups excluding carboxylic acids is 2. The molecular formula is C26H20N2O6. The van der Waals surface area contributed by atoms with E-state index in [4.69, 9.17) is 9.84 Å². The number of fused-ring (bicyclic) bond motifs is 3. The molecular weight excluding hydrogens is 436 g/mol. The van der Waals surface area contributed by atoms with Gasteiger partial charge in [-0.05, 0) is 46.4 Å². The van der Waals surface area contributed by atoms with Gasteiger partial charge in [0.1, 0.15) is 12.4 Å². The fraction of sp³-hybridized carbons (Fsp3) is 0.115. The molecule has 0 aliphatic heterocycles. The quantitative estimate of drug-likeness (QED) is 0.344. The third-order valence-corrected chi connectivity index (χ3v) is 5.35. The first-order chi connectivity index (χ1) is 16.4. The molecule has 0 fully saturated rings. The number of aromatic carboxylic acids is 1. The van der Waals surface area contributed by atoms with Crippen molar-refractivity contribution >= 4 is 23.7 Å². The van der Waals surface area contributed by atoms with Crippen molar-refractivity contribution in [1.29, 1.82) is 0 Å². The van der Waals surface area contributed by atoms with Gasteiger partial charge < -0.3 is 25.6 Å². The maximum Gasteiger partial charge on any atom is 0.407 e. The zero-order chi connectivity index (χ0) is 24.1. The Morgan fingerprint density at radius 2 is 1.59 bits per heavy atom. The minimum Gasteiger partial charge on any atom is -0.508 e. The zero-order valence-electron chi connectivity index (χ0n) is 17.9. The highest BCUT2D eigenvalue weighted by atomic mass is 16.5. The Morgan fingerprint density at radius 3 is 2.24 bits per heavy atom. The molecule has 0 spiro atoms. The van der Waals surface area contributed by atoms with Gasteiger partial charge in [0, 0.05) is 5.92 Å². The highest BCUT2D eigenvalue weighted by Crippen LogP contribution is 2.44. The van der Waals surface area contributed by atoms with Gasteiger partial charge >= 0.3 is 12.1 Å². The summed E-state index contributed by atoms with van der Waals surface area (Å²) in [5.74, 6) is 2.37. The Balaban J connectivity index is 1.29. The molecule has 3 aromatic carbocycles. The van der Waals surface area contributed by atoms with E-state index in [0.29, 0.717) is 0 Å². The van der Waals surface area contributed by atoms with Gasteiger partial charge in [-0.2, -0.15) is 0 Å². The summed E-state index contributed by atoms with van der Waals surface area (Å²) >= 11 is 0. The second-order valence-corrected chi connectivity index (χ2v) is 7.47. The Hall–Kier alpha value is -4.77. The summed E-state index contributed by atoms with van der Waals surface area (Å²) in [6.07, 6.45) is -0.664. The number of hydrogen-bond donors (Lipinski definition) is 4. The Bertz CT molecular complexity index is 1290. The lowest BCUT2D eigenvalue weighted by Crippen LogP contribution is -2.26. The molecule has 2 amide bonds. The molecule has 0 bridgehead atoms. The molecule has 34 heavy (non-hydrogen) atoms. The molecule has 8 nitrogen and oxygen atoms in total. The number of alkyl carbamates (subject to hydrolysis) is 1. The summed E-state index contributed by atoms with van der Waals surface area (Å²) < 4.78 is 5.39. The molecule has 1 aliphatic rings. The molecule has 0 unspecified atom stereocenters. The number of hydrogen-bond acceptors (Lipinski definition) is 5. The minimum atomic E-state index is -1.31. The van der Waals surface area contributed by atoms with E-state index in [9.17, 15) is 19.5 Å². The van der Waals surface area contributed by atoms with Crippen LogP contribution in [0.3, 0.4) is 0 Å². The lowest BCUT2D eigenvalue weighted by Gasteiger charge is -2.14. The average Bonchev–Trinajstić information content (AvgIpc) is 3.15. The van der Waals surface area contributed by atoms with Crippen LogP contribution in [0, 0.1) is 11.8 Å². The van der Waals surface area contributed by atoms with E-state index in [-0.39, 0.29) is 36.1 Å². The Kier molecular flexibility index (Phi) is 6.46. The van der Waals surface area contributed by atoms with E-state index < -0.39 is 18.0 Å². The standard InChI is InChI=1S/C26H20N2O6/c29-16-11-12-23(21(14-16)25(31)32)28-24(30)10-5-13-27-26(33)34-15-22-19-8-3-1-6-17(19)18-7-2-4-9-20(18)22/h1-4,6-9,11-12,14,22,29H,13,15H2,(H,27,33)(H,28,30)(H,31,32). The van der Waals surface area contributed by atoms with Crippen LogP contribution in [-0.4, -0.2) is 41.3 Å². The number of carboxylic acid groups (broad SMARTS) is 1. The van der Waals surface area contributed by atoms with Gasteiger partial charge in [0.2, 0.25) is 0 Å². The van der Waals surface area contributed by atoms with Crippen LogP contribution in [0.15, 0.2) is 66.7 Å². The van der Waals surface area contributed by atoms with Gasteiger partial charge in [0.05, 0.1) is 17.8 Å². The van der Waals surface area contributed by atoms with Crippen molar-refractivity contribution in [1.82, 2.24) is 5.32 Å². The number of amides is 2. The smallest absolute Gasteiger partial charge is 0.407 e. The molecule has 4 N–H and O–H groups in total. The van der Waals surface area contributed by atoms with Crippen LogP contribution in [0.25, 0.3) is 11.1 Å². The van der Waals surface area contributed by atoms with Crippen molar-refractivity contribution in [2.45, 2.75) is 5.92 Å².